The zero-order chi connectivity index (χ0) is 18.5. The second-order valence-electron chi connectivity index (χ2n) is 6.86. The van der Waals surface area contributed by atoms with Crippen LogP contribution in [0.3, 0.4) is 0 Å². The molecule has 0 spiro atoms. The van der Waals surface area contributed by atoms with E-state index in [2.05, 4.69) is 14.9 Å². The van der Waals surface area contributed by atoms with Crippen molar-refractivity contribution in [3.8, 4) is 0 Å². The average molecular weight is 452 g/mol. The molecule has 1 aliphatic rings. The van der Waals surface area contributed by atoms with Crippen LogP contribution in [0.25, 0.3) is 11.0 Å². The van der Waals surface area contributed by atoms with Gasteiger partial charge in [-0.25, -0.2) is 22.4 Å². The van der Waals surface area contributed by atoms with Crippen LogP contribution in [0.2, 0.25) is 0 Å². The van der Waals surface area contributed by atoms with E-state index in [0.717, 1.165) is 24.2 Å². The van der Waals surface area contributed by atoms with E-state index < -0.39 is 10.0 Å². The molecular formula is C18H22BrN5O2S. The van der Waals surface area contributed by atoms with Crippen molar-refractivity contribution in [2.24, 2.45) is 5.73 Å². The molecule has 7 nitrogen and oxygen atoms in total. The molecule has 144 valence electrons. The Bertz CT molecular complexity index is 1060. The van der Waals surface area contributed by atoms with Gasteiger partial charge in [0.2, 0.25) is 0 Å². The van der Waals surface area contributed by atoms with Crippen molar-refractivity contribution < 1.29 is 8.42 Å². The Kier molecular flexibility index (Phi) is 5.29. The molecule has 0 aliphatic heterocycles. The lowest BCUT2D eigenvalue weighted by atomic mass is 9.86. The molecule has 0 saturated heterocycles. The topological polar surface area (TPSA) is 94.1 Å². The summed E-state index contributed by atoms with van der Waals surface area (Å²) in [5.41, 5.74) is 7.28. The van der Waals surface area contributed by atoms with Gasteiger partial charge in [0.15, 0.2) is 5.65 Å². The molecule has 1 fully saturated rings. The van der Waals surface area contributed by atoms with Crippen LogP contribution in [0.4, 0.5) is 5.82 Å². The Balaban J connectivity index is 0.00000210. The summed E-state index contributed by atoms with van der Waals surface area (Å²) < 4.78 is 27.3. The molecule has 0 amide bonds. The minimum atomic E-state index is -3.71. The third kappa shape index (κ3) is 3.35. The van der Waals surface area contributed by atoms with Gasteiger partial charge < -0.3 is 10.6 Å². The first-order chi connectivity index (χ1) is 12.4. The van der Waals surface area contributed by atoms with Crippen LogP contribution in [0.1, 0.15) is 18.4 Å². The second-order valence-corrected chi connectivity index (χ2v) is 8.68. The van der Waals surface area contributed by atoms with Crippen molar-refractivity contribution in [3.63, 3.8) is 0 Å². The predicted octanol–water partition coefficient (Wildman–Crippen LogP) is 2.48. The average Bonchev–Trinajstić information content (AvgIpc) is 3.03. The first kappa shape index (κ1) is 19.8. The lowest BCUT2D eigenvalue weighted by molar-refractivity contribution is 0.339. The highest BCUT2D eigenvalue weighted by atomic mass is 79.9. The van der Waals surface area contributed by atoms with E-state index in [1.54, 1.807) is 36.5 Å². The van der Waals surface area contributed by atoms with Gasteiger partial charge in [-0.05, 0) is 38.0 Å². The normalized spacial score (nSPS) is 19.4. The number of halogens is 1. The smallest absolute Gasteiger partial charge is 0.269 e. The lowest BCUT2D eigenvalue weighted by Crippen LogP contribution is -2.49. The largest absolute Gasteiger partial charge is 0.356 e. The van der Waals surface area contributed by atoms with Crippen LogP contribution in [0, 0.1) is 6.92 Å². The molecule has 1 aromatic carbocycles. The van der Waals surface area contributed by atoms with Gasteiger partial charge in [0.1, 0.15) is 12.1 Å². The molecule has 1 aliphatic carbocycles. The quantitative estimate of drug-likeness (QED) is 0.654. The summed E-state index contributed by atoms with van der Waals surface area (Å²) in [4.78, 5) is 10.9. The monoisotopic (exact) mass is 451 g/mol. The Morgan fingerprint density at radius 3 is 2.44 bits per heavy atom. The van der Waals surface area contributed by atoms with Crippen LogP contribution < -0.4 is 10.6 Å². The van der Waals surface area contributed by atoms with E-state index in [-0.39, 0.29) is 27.9 Å². The van der Waals surface area contributed by atoms with Gasteiger partial charge in [-0.1, -0.05) is 17.7 Å². The van der Waals surface area contributed by atoms with Crippen LogP contribution in [0.15, 0.2) is 47.8 Å². The van der Waals surface area contributed by atoms with Gasteiger partial charge in [-0.2, -0.15) is 0 Å². The van der Waals surface area contributed by atoms with Crippen molar-refractivity contribution in [2.45, 2.75) is 36.7 Å². The number of hydrogen-bond donors (Lipinski definition) is 1. The van der Waals surface area contributed by atoms with Crippen molar-refractivity contribution in [1.29, 1.82) is 0 Å². The molecule has 2 heterocycles. The molecule has 0 bridgehead atoms. The van der Waals surface area contributed by atoms with Crippen LogP contribution in [0.5, 0.6) is 0 Å². The number of fused-ring (bicyclic) bond motifs is 1. The zero-order valence-electron chi connectivity index (χ0n) is 15.1. The first-order valence-electron chi connectivity index (χ1n) is 8.50. The first-order valence-corrected chi connectivity index (χ1v) is 9.94. The molecule has 4 rings (SSSR count). The van der Waals surface area contributed by atoms with E-state index in [1.807, 2.05) is 14.0 Å². The summed E-state index contributed by atoms with van der Waals surface area (Å²) in [6.07, 6.45) is 4.76. The molecular weight excluding hydrogens is 430 g/mol. The highest BCUT2D eigenvalue weighted by Crippen LogP contribution is 2.31. The molecule has 0 unspecified atom stereocenters. The minimum Gasteiger partial charge on any atom is -0.356 e. The Labute approximate surface area is 169 Å². The van der Waals surface area contributed by atoms with Crippen molar-refractivity contribution in [2.75, 3.05) is 11.9 Å². The maximum absolute atomic E-state index is 13.0. The lowest BCUT2D eigenvalue weighted by Gasteiger charge is -2.40. The fraction of sp³-hybridized carbons (Fsp3) is 0.333. The van der Waals surface area contributed by atoms with Gasteiger partial charge in [0.25, 0.3) is 10.0 Å². The summed E-state index contributed by atoms with van der Waals surface area (Å²) in [5.74, 6) is 0.727. The molecule has 9 heteroatoms. The maximum Gasteiger partial charge on any atom is 0.269 e. The molecule has 27 heavy (non-hydrogen) atoms. The summed E-state index contributed by atoms with van der Waals surface area (Å²) in [6, 6.07) is 9.09. The number of benzene rings is 1. The zero-order valence-corrected chi connectivity index (χ0v) is 17.6. The molecule has 0 radical (unpaired) electrons. The number of nitrogens with two attached hydrogens (primary N) is 1. The SMILES string of the molecule is Br.Cc1ccc(S(=O)(=O)n2ccc3c(N(C)C4CC(N)C4)ncnc32)cc1. The van der Waals surface area contributed by atoms with Crippen molar-refractivity contribution >= 4 is 43.9 Å². The van der Waals surface area contributed by atoms with Crippen molar-refractivity contribution in [3.05, 3.63) is 48.4 Å². The number of rotatable bonds is 4. The highest BCUT2D eigenvalue weighted by molar-refractivity contribution is 8.93. The fourth-order valence-corrected chi connectivity index (χ4v) is 4.63. The van der Waals surface area contributed by atoms with Gasteiger partial charge in [-0.15, -0.1) is 17.0 Å². The van der Waals surface area contributed by atoms with E-state index >= 15 is 0 Å². The second kappa shape index (κ2) is 7.21. The van der Waals surface area contributed by atoms with Gasteiger partial charge in [0, 0.05) is 25.3 Å². The number of nitrogens with zero attached hydrogens (tertiary/aromatic N) is 4. The number of aromatic nitrogens is 3. The summed E-state index contributed by atoms with van der Waals surface area (Å²) in [6.45, 7) is 1.92. The van der Waals surface area contributed by atoms with Gasteiger partial charge in [0.05, 0.1) is 10.3 Å². The number of anilines is 1. The third-order valence-corrected chi connectivity index (χ3v) is 6.72. The number of aryl methyl sites for hydroxylation is 1. The molecule has 2 N–H and O–H groups in total. The van der Waals surface area contributed by atoms with Crippen LogP contribution in [-0.4, -0.2) is 41.5 Å². The highest BCUT2D eigenvalue weighted by Gasteiger charge is 2.31. The molecule has 3 aromatic rings. The minimum absolute atomic E-state index is 0. The summed E-state index contributed by atoms with van der Waals surface area (Å²) >= 11 is 0. The molecule has 0 atom stereocenters. The van der Waals surface area contributed by atoms with E-state index in [1.165, 1.54) is 10.3 Å². The van der Waals surface area contributed by atoms with E-state index in [9.17, 15) is 8.42 Å². The standard InChI is InChI=1S/C18H21N5O2S.BrH/c1-12-3-5-15(6-4-12)26(24,25)23-8-7-16-17(20-11-21-18(16)23)22(2)14-9-13(19)10-14;/h3-8,11,13-14H,9-10,19H2,1-2H3;1H. The third-order valence-electron chi connectivity index (χ3n) is 5.04. The number of hydrogen-bond acceptors (Lipinski definition) is 6. The predicted molar refractivity (Wildman–Crippen MR) is 111 cm³/mol. The Hall–Kier alpha value is -1.97. The molecule has 2 aromatic heterocycles. The summed E-state index contributed by atoms with van der Waals surface area (Å²) in [5, 5.41) is 0.714. The van der Waals surface area contributed by atoms with Crippen LogP contribution >= 0.6 is 17.0 Å². The Morgan fingerprint density at radius 2 is 1.81 bits per heavy atom. The summed E-state index contributed by atoms with van der Waals surface area (Å²) in [7, 11) is -1.75. The molecule has 1 saturated carbocycles. The fourth-order valence-electron chi connectivity index (χ4n) is 3.33. The van der Waals surface area contributed by atoms with E-state index in [4.69, 9.17) is 5.73 Å². The van der Waals surface area contributed by atoms with Crippen molar-refractivity contribution in [1.82, 2.24) is 13.9 Å². The Morgan fingerprint density at radius 1 is 1.15 bits per heavy atom. The van der Waals surface area contributed by atoms with Gasteiger partial charge in [-0.3, -0.25) is 0 Å². The maximum atomic E-state index is 13.0. The van der Waals surface area contributed by atoms with E-state index in [0.29, 0.717) is 17.1 Å². The van der Waals surface area contributed by atoms with Gasteiger partial charge >= 0.3 is 0 Å². The van der Waals surface area contributed by atoms with Crippen LogP contribution in [-0.2, 0) is 10.0 Å².